The molecular weight excluding hydrogens is 300 g/mol. The third-order valence-corrected chi connectivity index (χ3v) is 3.08. The fourth-order valence-electron chi connectivity index (χ4n) is 1.90. The molecule has 0 atom stereocenters. The first-order valence-corrected chi connectivity index (χ1v) is 6.71. The lowest BCUT2D eigenvalue weighted by molar-refractivity contribution is 0.0564. The van der Waals surface area contributed by atoms with Gasteiger partial charge in [-0.15, -0.1) is 0 Å². The van der Waals surface area contributed by atoms with E-state index in [1.54, 1.807) is 24.3 Å². The molecule has 0 aliphatic heterocycles. The number of methoxy groups -OCH3 is 3. The molecule has 23 heavy (non-hydrogen) atoms. The number of ether oxygens (including phenoxy) is 3. The van der Waals surface area contributed by atoms with Gasteiger partial charge in [-0.3, -0.25) is 4.79 Å². The number of esters is 1. The molecule has 0 fully saturated rings. The summed E-state index contributed by atoms with van der Waals surface area (Å²) in [6.45, 7) is 0. The van der Waals surface area contributed by atoms with Crippen molar-refractivity contribution in [2.75, 3.05) is 21.3 Å². The van der Waals surface area contributed by atoms with E-state index in [1.807, 2.05) is 0 Å². The van der Waals surface area contributed by atoms with Crippen LogP contribution in [0.3, 0.4) is 0 Å². The Kier molecular flexibility index (Phi) is 5.19. The second-order valence-corrected chi connectivity index (χ2v) is 4.46. The smallest absolute Gasteiger partial charge is 0.373 e. The van der Waals surface area contributed by atoms with Crippen LogP contribution in [-0.2, 0) is 4.74 Å². The van der Waals surface area contributed by atoms with Gasteiger partial charge in [0.2, 0.25) is 5.76 Å². The fourth-order valence-corrected chi connectivity index (χ4v) is 1.90. The SMILES string of the molecule is COC(=O)c1ccc(C=CC(=O)c2ccc(OC)c(OC)c2)o1. The summed E-state index contributed by atoms with van der Waals surface area (Å²) < 4.78 is 20.1. The van der Waals surface area contributed by atoms with Gasteiger partial charge in [0, 0.05) is 5.56 Å². The van der Waals surface area contributed by atoms with Crippen LogP contribution in [0.5, 0.6) is 11.5 Å². The predicted molar refractivity (Wildman–Crippen MR) is 83.0 cm³/mol. The third-order valence-electron chi connectivity index (χ3n) is 3.08. The summed E-state index contributed by atoms with van der Waals surface area (Å²) in [5.74, 6) is 0.655. The number of benzene rings is 1. The van der Waals surface area contributed by atoms with Crippen molar-refractivity contribution in [3.8, 4) is 11.5 Å². The predicted octanol–water partition coefficient (Wildman–Crippen LogP) is 2.98. The Morgan fingerprint density at radius 1 is 1.00 bits per heavy atom. The van der Waals surface area contributed by atoms with Crippen LogP contribution in [0.4, 0.5) is 0 Å². The molecule has 0 radical (unpaired) electrons. The van der Waals surface area contributed by atoms with Crippen molar-refractivity contribution in [2.45, 2.75) is 0 Å². The lowest BCUT2D eigenvalue weighted by atomic mass is 10.1. The van der Waals surface area contributed by atoms with Gasteiger partial charge in [0.25, 0.3) is 0 Å². The average Bonchev–Trinajstić information content (AvgIpc) is 3.07. The van der Waals surface area contributed by atoms with Crippen molar-refractivity contribution in [3.63, 3.8) is 0 Å². The molecule has 0 unspecified atom stereocenters. The Balaban J connectivity index is 2.15. The van der Waals surface area contributed by atoms with Crippen molar-refractivity contribution in [1.82, 2.24) is 0 Å². The Morgan fingerprint density at radius 2 is 1.74 bits per heavy atom. The van der Waals surface area contributed by atoms with E-state index in [2.05, 4.69) is 4.74 Å². The Bertz CT molecular complexity index is 741. The van der Waals surface area contributed by atoms with E-state index in [0.29, 0.717) is 22.8 Å². The second kappa shape index (κ2) is 7.31. The van der Waals surface area contributed by atoms with Gasteiger partial charge >= 0.3 is 5.97 Å². The molecule has 1 heterocycles. The zero-order valence-corrected chi connectivity index (χ0v) is 13.0. The Morgan fingerprint density at radius 3 is 2.39 bits per heavy atom. The normalized spacial score (nSPS) is 10.6. The molecule has 0 spiro atoms. The molecule has 6 nitrogen and oxygen atoms in total. The van der Waals surface area contributed by atoms with Gasteiger partial charge in [0.05, 0.1) is 21.3 Å². The second-order valence-electron chi connectivity index (χ2n) is 4.46. The van der Waals surface area contributed by atoms with E-state index >= 15 is 0 Å². The van der Waals surface area contributed by atoms with E-state index in [4.69, 9.17) is 13.9 Å². The van der Waals surface area contributed by atoms with Crippen LogP contribution >= 0.6 is 0 Å². The van der Waals surface area contributed by atoms with E-state index in [1.165, 1.54) is 39.5 Å². The molecule has 0 aliphatic carbocycles. The lowest BCUT2D eigenvalue weighted by Crippen LogP contribution is -1.98. The largest absolute Gasteiger partial charge is 0.493 e. The Labute approximate surface area is 133 Å². The summed E-state index contributed by atoms with van der Waals surface area (Å²) in [7, 11) is 4.29. The van der Waals surface area contributed by atoms with Crippen molar-refractivity contribution >= 4 is 17.8 Å². The quantitative estimate of drug-likeness (QED) is 0.463. The zero-order chi connectivity index (χ0) is 16.8. The molecule has 1 aromatic heterocycles. The highest BCUT2D eigenvalue weighted by molar-refractivity contribution is 6.07. The van der Waals surface area contributed by atoms with Crippen LogP contribution in [0.1, 0.15) is 26.7 Å². The first-order chi connectivity index (χ1) is 11.1. The number of carbonyl (C=O) groups is 2. The van der Waals surface area contributed by atoms with Crippen LogP contribution < -0.4 is 9.47 Å². The molecular formula is C17H16O6. The lowest BCUT2D eigenvalue weighted by Gasteiger charge is -2.07. The number of rotatable bonds is 6. The average molecular weight is 316 g/mol. The Hall–Kier alpha value is -3.02. The van der Waals surface area contributed by atoms with E-state index < -0.39 is 5.97 Å². The van der Waals surface area contributed by atoms with E-state index in [0.717, 1.165) is 0 Å². The highest BCUT2D eigenvalue weighted by atomic mass is 16.5. The van der Waals surface area contributed by atoms with E-state index in [9.17, 15) is 9.59 Å². The van der Waals surface area contributed by atoms with Crippen molar-refractivity contribution in [1.29, 1.82) is 0 Å². The van der Waals surface area contributed by atoms with Crippen molar-refractivity contribution in [2.24, 2.45) is 0 Å². The third kappa shape index (κ3) is 3.79. The zero-order valence-electron chi connectivity index (χ0n) is 13.0. The summed E-state index contributed by atoms with van der Waals surface area (Å²) >= 11 is 0. The monoisotopic (exact) mass is 316 g/mol. The first kappa shape index (κ1) is 16.4. The fraction of sp³-hybridized carbons (Fsp3) is 0.176. The number of allylic oxidation sites excluding steroid dienone is 1. The van der Waals surface area contributed by atoms with Crippen LogP contribution in [0, 0.1) is 0 Å². The summed E-state index contributed by atoms with van der Waals surface area (Å²) in [5.41, 5.74) is 0.443. The molecule has 0 aliphatic rings. The van der Waals surface area contributed by atoms with Gasteiger partial charge in [0.1, 0.15) is 5.76 Å². The molecule has 0 N–H and O–H groups in total. The molecule has 6 heteroatoms. The van der Waals surface area contributed by atoms with Gasteiger partial charge in [-0.25, -0.2) is 4.79 Å². The highest BCUT2D eigenvalue weighted by Crippen LogP contribution is 2.27. The minimum Gasteiger partial charge on any atom is -0.493 e. The van der Waals surface area contributed by atoms with Gasteiger partial charge in [-0.05, 0) is 42.5 Å². The molecule has 2 rings (SSSR count). The summed E-state index contributed by atoms with van der Waals surface area (Å²) in [6, 6.07) is 7.93. The van der Waals surface area contributed by atoms with Gasteiger partial charge in [-0.2, -0.15) is 0 Å². The van der Waals surface area contributed by atoms with Gasteiger partial charge in [0.15, 0.2) is 17.3 Å². The van der Waals surface area contributed by atoms with E-state index in [-0.39, 0.29) is 11.5 Å². The maximum atomic E-state index is 12.2. The minimum absolute atomic E-state index is 0.0747. The molecule has 0 bridgehead atoms. The van der Waals surface area contributed by atoms with Crippen LogP contribution in [0.15, 0.2) is 40.8 Å². The van der Waals surface area contributed by atoms with Crippen LogP contribution in [-0.4, -0.2) is 33.1 Å². The summed E-state index contributed by atoms with van der Waals surface area (Å²) in [4.78, 5) is 23.5. The maximum absolute atomic E-state index is 12.2. The number of hydrogen-bond donors (Lipinski definition) is 0. The maximum Gasteiger partial charge on any atom is 0.373 e. The molecule has 0 saturated carbocycles. The number of hydrogen-bond acceptors (Lipinski definition) is 6. The number of ketones is 1. The molecule has 120 valence electrons. The van der Waals surface area contributed by atoms with Crippen molar-refractivity contribution < 1.29 is 28.2 Å². The number of furan rings is 1. The van der Waals surface area contributed by atoms with Gasteiger partial charge in [-0.1, -0.05) is 0 Å². The topological polar surface area (TPSA) is 75.0 Å². The molecule has 0 amide bonds. The molecule has 2 aromatic rings. The minimum atomic E-state index is -0.573. The summed E-state index contributed by atoms with van der Waals surface area (Å²) in [5, 5.41) is 0. The molecule has 0 saturated heterocycles. The van der Waals surface area contributed by atoms with Gasteiger partial charge < -0.3 is 18.6 Å². The standard InChI is InChI=1S/C17H16O6/c1-20-14-8-4-11(10-16(14)21-2)13(18)7-5-12-6-9-15(23-12)17(19)22-3/h4-10H,1-3H3. The first-order valence-electron chi connectivity index (χ1n) is 6.71. The van der Waals surface area contributed by atoms with Crippen LogP contribution in [0.25, 0.3) is 6.08 Å². The van der Waals surface area contributed by atoms with Crippen LogP contribution in [0.2, 0.25) is 0 Å². The molecule has 1 aromatic carbocycles. The van der Waals surface area contributed by atoms with Crippen molar-refractivity contribution in [3.05, 3.63) is 53.5 Å². The summed E-state index contributed by atoms with van der Waals surface area (Å²) in [6.07, 6.45) is 2.83. The number of carbonyl (C=O) groups excluding carboxylic acids is 2. The highest BCUT2D eigenvalue weighted by Gasteiger charge is 2.11.